The van der Waals surface area contributed by atoms with E-state index in [1.807, 2.05) is 30.0 Å². The van der Waals surface area contributed by atoms with E-state index in [9.17, 15) is 9.59 Å². The first-order chi connectivity index (χ1) is 12.6. The Morgan fingerprint density at radius 3 is 2.85 bits per heavy atom. The molecule has 4 aliphatic rings. The quantitative estimate of drug-likeness (QED) is 0.630. The van der Waals surface area contributed by atoms with E-state index in [2.05, 4.69) is 10.3 Å². The molecule has 1 aliphatic carbocycles. The van der Waals surface area contributed by atoms with Crippen LogP contribution in [0.5, 0.6) is 5.75 Å². The first-order valence-electron chi connectivity index (χ1n) is 8.86. The summed E-state index contributed by atoms with van der Waals surface area (Å²) in [6.45, 7) is 3.85. The molecule has 8 nitrogen and oxygen atoms in total. The van der Waals surface area contributed by atoms with E-state index in [1.165, 1.54) is 0 Å². The third-order valence-electron chi connectivity index (χ3n) is 5.08. The molecule has 2 fully saturated rings. The molecule has 8 heteroatoms. The van der Waals surface area contributed by atoms with Crippen LogP contribution >= 0.6 is 0 Å². The molecule has 1 aromatic rings. The Kier molecular flexibility index (Phi) is 3.19. The van der Waals surface area contributed by atoms with Gasteiger partial charge in [-0.25, -0.2) is 9.59 Å². The van der Waals surface area contributed by atoms with Crippen LogP contribution in [0.2, 0.25) is 0 Å². The third-order valence-corrected chi connectivity index (χ3v) is 5.08. The monoisotopic (exact) mass is 357 g/mol. The zero-order valence-corrected chi connectivity index (χ0v) is 14.4. The van der Waals surface area contributed by atoms with Crippen molar-refractivity contribution in [3.63, 3.8) is 0 Å². The van der Waals surface area contributed by atoms with Gasteiger partial charge in [-0.15, -0.1) is 0 Å². The minimum atomic E-state index is -1.60. The Morgan fingerprint density at radius 1 is 1.27 bits per heavy atom. The Hall–Kier alpha value is -2.77. The third kappa shape index (κ3) is 2.24. The highest BCUT2D eigenvalue weighted by Crippen LogP contribution is 2.46. The first kappa shape index (κ1) is 15.5. The standard InChI is InChI=1S/C18H19N3O5/c1-10-2-5-13-12(8-10)21(9-11-3-4-11)17-18(25-13,16-19-6-7-20-16)26-15(23)14(22)24-17/h2,5,8,11,17H,3-4,6-7,9H2,1H3,(H,19,20). The van der Waals surface area contributed by atoms with Gasteiger partial charge in [-0.3, -0.25) is 4.99 Å². The minimum Gasteiger partial charge on any atom is -0.439 e. The predicted molar refractivity (Wildman–Crippen MR) is 90.9 cm³/mol. The molecule has 136 valence electrons. The summed E-state index contributed by atoms with van der Waals surface area (Å²) in [7, 11) is 0. The molecule has 0 spiro atoms. The molecule has 0 aromatic heterocycles. The fraction of sp³-hybridized carbons (Fsp3) is 0.500. The lowest BCUT2D eigenvalue weighted by Crippen LogP contribution is -2.72. The van der Waals surface area contributed by atoms with E-state index in [4.69, 9.17) is 14.2 Å². The summed E-state index contributed by atoms with van der Waals surface area (Å²) in [6, 6.07) is 5.78. The van der Waals surface area contributed by atoms with E-state index >= 15 is 0 Å². The van der Waals surface area contributed by atoms with Crippen molar-refractivity contribution >= 4 is 23.5 Å². The second-order valence-corrected chi connectivity index (χ2v) is 7.14. The average molecular weight is 357 g/mol. The summed E-state index contributed by atoms with van der Waals surface area (Å²) in [5.41, 5.74) is 1.90. The molecule has 1 saturated heterocycles. The number of carbonyl (C=O) groups excluding carboxylic acids is 2. The van der Waals surface area contributed by atoms with E-state index in [0.717, 1.165) is 24.1 Å². The van der Waals surface area contributed by atoms with Gasteiger partial charge in [0.25, 0.3) is 6.23 Å². The number of hydrogen-bond donors (Lipinski definition) is 1. The highest BCUT2D eigenvalue weighted by Gasteiger charge is 2.63. The number of fused-ring (bicyclic) bond motifs is 2. The zero-order chi connectivity index (χ0) is 17.9. The Morgan fingerprint density at radius 2 is 2.12 bits per heavy atom. The van der Waals surface area contributed by atoms with E-state index < -0.39 is 24.0 Å². The van der Waals surface area contributed by atoms with Crippen LogP contribution < -0.4 is 15.0 Å². The topological polar surface area (TPSA) is 89.5 Å². The van der Waals surface area contributed by atoms with Gasteiger partial charge < -0.3 is 24.4 Å². The molecule has 3 heterocycles. The molecule has 1 N–H and O–H groups in total. The molecule has 2 unspecified atom stereocenters. The number of ether oxygens (including phenoxy) is 3. The van der Waals surface area contributed by atoms with Gasteiger partial charge in [-0.05, 0) is 43.4 Å². The number of amidine groups is 1. The Balaban J connectivity index is 1.66. The van der Waals surface area contributed by atoms with E-state index in [-0.39, 0.29) is 0 Å². The number of hydrogen-bond acceptors (Lipinski definition) is 8. The van der Waals surface area contributed by atoms with Gasteiger partial charge in [0.05, 0.1) is 12.2 Å². The summed E-state index contributed by atoms with van der Waals surface area (Å²) in [6.07, 6.45) is 1.35. The summed E-state index contributed by atoms with van der Waals surface area (Å²) in [4.78, 5) is 30.4. The van der Waals surface area contributed by atoms with Gasteiger partial charge in [0.15, 0.2) is 5.84 Å². The van der Waals surface area contributed by atoms with Gasteiger partial charge in [0.2, 0.25) is 0 Å². The van der Waals surface area contributed by atoms with Crippen LogP contribution in [-0.2, 0) is 19.1 Å². The number of aliphatic imine (C=N–C) groups is 1. The van der Waals surface area contributed by atoms with Crippen molar-refractivity contribution in [2.45, 2.75) is 31.8 Å². The fourth-order valence-electron chi connectivity index (χ4n) is 3.64. The van der Waals surface area contributed by atoms with Crippen LogP contribution in [0.3, 0.4) is 0 Å². The second kappa shape index (κ2) is 5.36. The normalized spacial score (nSPS) is 29.7. The molecule has 3 aliphatic heterocycles. The van der Waals surface area contributed by atoms with Crippen LogP contribution in [0, 0.1) is 12.8 Å². The fourth-order valence-corrected chi connectivity index (χ4v) is 3.64. The number of rotatable bonds is 3. The maximum atomic E-state index is 12.0. The highest BCUT2D eigenvalue weighted by atomic mass is 16.8. The maximum Gasteiger partial charge on any atom is 0.421 e. The van der Waals surface area contributed by atoms with Crippen LogP contribution in [0.4, 0.5) is 5.69 Å². The molecule has 0 bridgehead atoms. The molecule has 0 radical (unpaired) electrons. The summed E-state index contributed by atoms with van der Waals surface area (Å²) < 4.78 is 17.2. The number of nitrogens with zero attached hydrogens (tertiary/aromatic N) is 2. The van der Waals surface area contributed by atoms with Crippen molar-refractivity contribution in [1.82, 2.24) is 5.32 Å². The van der Waals surface area contributed by atoms with Crippen LogP contribution in [0.15, 0.2) is 23.2 Å². The second-order valence-electron chi connectivity index (χ2n) is 7.14. The Labute approximate surface area is 150 Å². The molecular formula is C18H19N3O5. The number of nitrogens with one attached hydrogen (secondary N) is 1. The maximum absolute atomic E-state index is 12.0. The summed E-state index contributed by atoms with van der Waals surface area (Å²) >= 11 is 0. The number of carbonyl (C=O) groups is 2. The molecular weight excluding hydrogens is 338 g/mol. The summed E-state index contributed by atoms with van der Waals surface area (Å²) in [5, 5.41) is 3.11. The Bertz CT molecular complexity index is 834. The molecule has 2 atom stereocenters. The van der Waals surface area contributed by atoms with Gasteiger partial charge in [0, 0.05) is 13.1 Å². The van der Waals surface area contributed by atoms with E-state index in [0.29, 0.717) is 37.1 Å². The van der Waals surface area contributed by atoms with Crippen molar-refractivity contribution in [3.05, 3.63) is 23.8 Å². The number of aryl methyl sites for hydroxylation is 1. The zero-order valence-electron chi connectivity index (χ0n) is 14.4. The molecule has 5 rings (SSSR count). The number of benzene rings is 1. The molecule has 26 heavy (non-hydrogen) atoms. The lowest BCUT2D eigenvalue weighted by Gasteiger charge is -2.49. The van der Waals surface area contributed by atoms with Crippen LogP contribution in [0.1, 0.15) is 18.4 Å². The van der Waals surface area contributed by atoms with Crippen LogP contribution in [-0.4, -0.2) is 49.4 Å². The largest absolute Gasteiger partial charge is 0.439 e. The predicted octanol–water partition coefficient (Wildman–Crippen LogP) is 0.728. The lowest BCUT2D eigenvalue weighted by atomic mass is 10.0. The number of esters is 2. The molecule has 1 aromatic carbocycles. The van der Waals surface area contributed by atoms with Crippen molar-refractivity contribution in [2.24, 2.45) is 10.9 Å². The highest BCUT2D eigenvalue weighted by molar-refractivity contribution is 6.31. The SMILES string of the molecule is Cc1ccc2c(c1)N(CC1CC1)C1OC(=O)C(=O)OC1(C1=NCCN1)O2. The van der Waals surface area contributed by atoms with Crippen LogP contribution in [0.25, 0.3) is 0 Å². The minimum absolute atomic E-state index is 0.385. The van der Waals surface area contributed by atoms with Crippen molar-refractivity contribution in [1.29, 1.82) is 0 Å². The molecule has 0 amide bonds. The first-order valence-corrected chi connectivity index (χ1v) is 8.86. The summed E-state index contributed by atoms with van der Waals surface area (Å²) in [5.74, 6) is -2.19. The van der Waals surface area contributed by atoms with Gasteiger partial charge in [-0.1, -0.05) is 6.07 Å². The molecule has 1 saturated carbocycles. The van der Waals surface area contributed by atoms with Gasteiger partial charge in [0.1, 0.15) is 5.75 Å². The van der Waals surface area contributed by atoms with E-state index in [1.54, 1.807) is 0 Å². The average Bonchev–Trinajstić information content (AvgIpc) is 3.26. The van der Waals surface area contributed by atoms with Crippen molar-refractivity contribution < 1.29 is 23.8 Å². The number of anilines is 1. The van der Waals surface area contributed by atoms with Gasteiger partial charge >= 0.3 is 17.7 Å². The van der Waals surface area contributed by atoms with Gasteiger partial charge in [-0.2, -0.15) is 0 Å². The van der Waals surface area contributed by atoms with Crippen molar-refractivity contribution in [2.75, 3.05) is 24.5 Å². The smallest absolute Gasteiger partial charge is 0.421 e. The lowest BCUT2D eigenvalue weighted by molar-refractivity contribution is -0.241. The van der Waals surface area contributed by atoms with Crippen molar-refractivity contribution in [3.8, 4) is 5.75 Å².